The highest BCUT2D eigenvalue weighted by Crippen LogP contribution is 2.28. The molecule has 1 saturated heterocycles. The lowest BCUT2D eigenvalue weighted by molar-refractivity contribution is -0.146. The van der Waals surface area contributed by atoms with E-state index in [1.165, 1.54) is 6.07 Å². The zero-order valence-electron chi connectivity index (χ0n) is 14.9. The van der Waals surface area contributed by atoms with E-state index in [0.29, 0.717) is 23.9 Å². The van der Waals surface area contributed by atoms with Gasteiger partial charge in [-0.3, -0.25) is 4.90 Å². The molecule has 0 radical (unpaired) electrons. The highest BCUT2D eigenvalue weighted by atomic mass is 35.5. The van der Waals surface area contributed by atoms with Crippen LogP contribution in [0, 0.1) is 0 Å². The highest BCUT2D eigenvalue weighted by Gasteiger charge is 2.37. The lowest BCUT2D eigenvalue weighted by atomic mass is 10.2. The maximum atomic E-state index is 13.1. The number of aromatic nitrogens is 4. The molecule has 10 heteroatoms. The molecule has 1 aliphatic rings. The van der Waals surface area contributed by atoms with Crippen molar-refractivity contribution in [2.45, 2.75) is 19.1 Å². The molecule has 4 rings (SSSR count). The van der Waals surface area contributed by atoms with Crippen molar-refractivity contribution >= 4 is 23.1 Å². The molecule has 0 atom stereocenters. The fraction of sp³-hybridized carbons (Fsp3) is 0.389. The topological polar surface area (TPSA) is 49.6 Å². The van der Waals surface area contributed by atoms with Crippen LogP contribution in [0.25, 0.3) is 5.65 Å². The second-order valence-corrected chi connectivity index (χ2v) is 7.17. The summed E-state index contributed by atoms with van der Waals surface area (Å²) in [5, 5.41) is 11.6. The molecule has 0 spiro atoms. The monoisotopic (exact) mass is 410 g/mol. The molecular formula is C18H18ClF3N6. The fourth-order valence-corrected chi connectivity index (χ4v) is 3.59. The highest BCUT2D eigenvalue weighted by molar-refractivity contribution is 6.30. The zero-order chi connectivity index (χ0) is 19.7. The summed E-state index contributed by atoms with van der Waals surface area (Å²) in [7, 11) is 0. The van der Waals surface area contributed by atoms with Crippen molar-refractivity contribution in [1.82, 2.24) is 24.7 Å². The number of anilines is 1. The molecule has 0 saturated carbocycles. The molecule has 28 heavy (non-hydrogen) atoms. The largest absolute Gasteiger partial charge is 0.453 e. The van der Waals surface area contributed by atoms with Gasteiger partial charge in [-0.25, -0.2) is 0 Å². The smallest absolute Gasteiger partial charge is 0.354 e. The Labute approximate surface area is 164 Å². The first kappa shape index (κ1) is 18.9. The Hall–Kier alpha value is -2.39. The molecule has 3 aromatic rings. The van der Waals surface area contributed by atoms with Crippen molar-refractivity contribution in [3.05, 3.63) is 52.8 Å². The summed E-state index contributed by atoms with van der Waals surface area (Å²) in [6, 6.07) is 11.0. The van der Waals surface area contributed by atoms with Gasteiger partial charge in [0.05, 0.1) is 0 Å². The van der Waals surface area contributed by atoms with Crippen LogP contribution in [-0.4, -0.2) is 50.9 Å². The van der Waals surface area contributed by atoms with Crippen molar-refractivity contribution in [2.75, 3.05) is 31.1 Å². The summed E-state index contributed by atoms with van der Waals surface area (Å²) in [6.07, 6.45) is -3.72. The molecule has 0 bridgehead atoms. The number of fused-ring (bicyclic) bond motifs is 1. The third-order valence-corrected chi connectivity index (χ3v) is 4.95. The number of alkyl halides is 3. The van der Waals surface area contributed by atoms with Crippen molar-refractivity contribution in [1.29, 1.82) is 0 Å². The van der Waals surface area contributed by atoms with Crippen molar-refractivity contribution < 1.29 is 13.2 Å². The van der Waals surface area contributed by atoms with Crippen LogP contribution in [0.2, 0.25) is 5.02 Å². The van der Waals surface area contributed by atoms with Crippen LogP contribution in [0.5, 0.6) is 0 Å². The standard InChI is InChI=1S/C18H18ClF3N6/c19-14-4-1-3-13(11-14)12-26-7-2-8-27(10-9-26)16-6-5-15-23-24-17(18(20,21)22)28(15)25-16/h1,3-6,11H,2,7-10,12H2. The summed E-state index contributed by atoms with van der Waals surface area (Å²) in [4.78, 5) is 4.31. The Morgan fingerprint density at radius 2 is 1.86 bits per heavy atom. The molecule has 2 aromatic heterocycles. The lowest BCUT2D eigenvalue weighted by Crippen LogP contribution is -2.31. The Balaban J connectivity index is 1.49. The van der Waals surface area contributed by atoms with Crippen LogP contribution in [0.1, 0.15) is 17.8 Å². The molecule has 0 unspecified atom stereocenters. The van der Waals surface area contributed by atoms with E-state index in [4.69, 9.17) is 11.6 Å². The van der Waals surface area contributed by atoms with E-state index in [1.807, 2.05) is 29.2 Å². The number of hydrogen-bond acceptors (Lipinski definition) is 5. The van der Waals surface area contributed by atoms with Crippen molar-refractivity contribution in [3.8, 4) is 0 Å². The van der Waals surface area contributed by atoms with Gasteiger partial charge in [0.1, 0.15) is 5.82 Å². The number of nitrogens with zero attached hydrogens (tertiary/aromatic N) is 6. The second-order valence-electron chi connectivity index (χ2n) is 6.73. The average molecular weight is 411 g/mol. The minimum absolute atomic E-state index is 0.0773. The van der Waals surface area contributed by atoms with Crippen LogP contribution < -0.4 is 4.90 Å². The van der Waals surface area contributed by atoms with Gasteiger partial charge in [0.15, 0.2) is 5.65 Å². The first-order chi connectivity index (χ1) is 13.4. The van der Waals surface area contributed by atoms with Crippen LogP contribution in [-0.2, 0) is 12.7 Å². The predicted octanol–water partition coefficient (Wildman–Crippen LogP) is 3.51. The normalized spacial score (nSPS) is 16.5. The van der Waals surface area contributed by atoms with Gasteiger partial charge in [-0.2, -0.15) is 17.7 Å². The summed E-state index contributed by atoms with van der Waals surface area (Å²) < 4.78 is 40.0. The number of rotatable bonds is 3. The van der Waals surface area contributed by atoms with Gasteiger partial charge in [-0.15, -0.1) is 15.3 Å². The van der Waals surface area contributed by atoms with E-state index < -0.39 is 12.0 Å². The molecular weight excluding hydrogens is 393 g/mol. The number of halogens is 4. The van der Waals surface area contributed by atoms with Gasteiger partial charge in [0.2, 0.25) is 0 Å². The average Bonchev–Trinajstić information content (AvgIpc) is 2.94. The molecule has 3 heterocycles. The quantitative estimate of drug-likeness (QED) is 0.661. The van der Waals surface area contributed by atoms with Crippen molar-refractivity contribution in [2.24, 2.45) is 0 Å². The van der Waals surface area contributed by atoms with Crippen LogP contribution in [0.15, 0.2) is 36.4 Å². The van der Waals surface area contributed by atoms with Crippen LogP contribution in [0.3, 0.4) is 0 Å². The maximum absolute atomic E-state index is 13.1. The van der Waals surface area contributed by atoms with E-state index in [-0.39, 0.29) is 5.65 Å². The molecule has 0 aliphatic carbocycles. The van der Waals surface area contributed by atoms with Gasteiger partial charge in [0.25, 0.3) is 5.82 Å². The molecule has 148 valence electrons. The summed E-state index contributed by atoms with van der Waals surface area (Å²) in [5.74, 6) is -0.621. The Morgan fingerprint density at radius 3 is 2.64 bits per heavy atom. The Kier molecular flexibility index (Phi) is 5.11. The van der Waals surface area contributed by atoms with E-state index in [1.54, 1.807) is 6.07 Å². The van der Waals surface area contributed by atoms with Gasteiger partial charge < -0.3 is 4.90 Å². The maximum Gasteiger partial charge on any atom is 0.453 e. The lowest BCUT2D eigenvalue weighted by Gasteiger charge is -2.22. The van der Waals surface area contributed by atoms with Gasteiger partial charge in [-0.1, -0.05) is 23.7 Å². The molecule has 0 N–H and O–H groups in total. The van der Waals surface area contributed by atoms with Crippen LogP contribution >= 0.6 is 11.6 Å². The summed E-state index contributed by atoms with van der Waals surface area (Å²) in [6.45, 7) is 3.84. The Morgan fingerprint density at radius 1 is 1.00 bits per heavy atom. The van der Waals surface area contributed by atoms with E-state index in [2.05, 4.69) is 20.2 Å². The van der Waals surface area contributed by atoms with Gasteiger partial charge in [-0.05, 0) is 36.2 Å². The number of benzene rings is 1. The first-order valence-electron chi connectivity index (χ1n) is 8.91. The van der Waals surface area contributed by atoms with E-state index in [9.17, 15) is 13.2 Å². The molecule has 6 nitrogen and oxygen atoms in total. The molecule has 1 aliphatic heterocycles. The first-order valence-corrected chi connectivity index (χ1v) is 9.29. The second kappa shape index (κ2) is 7.56. The van der Waals surface area contributed by atoms with E-state index in [0.717, 1.165) is 36.1 Å². The third-order valence-electron chi connectivity index (χ3n) is 4.71. The molecule has 1 aromatic carbocycles. The predicted molar refractivity (Wildman–Crippen MR) is 99.3 cm³/mol. The summed E-state index contributed by atoms with van der Waals surface area (Å²) in [5.41, 5.74) is 1.22. The van der Waals surface area contributed by atoms with Gasteiger partial charge in [0, 0.05) is 37.7 Å². The summed E-state index contributed by atoms with van der Waals surface area (Å²) >= 11 is 6.05. The third kappa shape index (κ3) is 4.05. The van der Waals surface area contributed by atoms with Crippen LogP contribution in [0.4, 0.5) is 19.0 Å². The Bertz CT molecular complexity index is 973. The SMILES string of the molecule is FC(F)(F)c1nnc2ccc(N3CCCN(Cc4cccc(Cl)c4)CC3)nn12. The zero-order valence-corrected chi connectivity index (χ0v) is 15.7. The van der Waals surface area contributed by atoms with E-state index >= 15 is 0 Å². The molecule has 1 fully saturated rings. The minimum Gasteiger partial charge on any atom is -0.354 e. The molecule has 0 amide bonds. The number of hydrogen-bond donors (Lipinski definition) is 0. The van der Waals surface area contributed by atoms with Gasteiger partial charge >= 0.3 is 6.18 Å². The fourth-order valence-electron chi connectivity index (χ4n) is 3.38. The minimum atomic E-state index is -4.60. The van der Waals surface area contributed by atoms with Crippen molar-refractivity contribution in [3.63, 3.8) is 0 Å².